The summed E-state index contributed by atoms with van der Waals surface area (Å²) >= 11 is 0. The second-order valence-corrected chi connectivity index (χ2v) is 11.9. The van der Waals surface area contributed by atoms with Gasteiger partial charge in [0.25, 0.3) is 0 Å². The van der Waals surface area contributed by atoms with Gasteiger partial charge in [-0.3, -0.25) is 4.98 Å². The molecule has 0 saturated carbocycles. The Kier molecular flexibility index (Phi) is 8.20. The van der Waals surface area contributed by atoms with Gasteiger partial charge in [0.2, 0.25) is 0 Å². The van der Waals surface area contributed by atoms with Gasteiger partial charge in [-0.05, 0) is 62.7 Å². The maximum atomic E-state index is 13.3. The molecule has 5 rings (SSSR count). The monoisotopic (exact) mass is 588 g/mol. The van der Waals surface area contributed by atoms with Crippen LogP contribution in [0, 0.1) is 5.92 Å². The number of alkyl halides is 3. The maximum absolute atomic E-state index is 13.3. The molecule has 2 aromatic heterocycles. The average Bonchev–Trinajstić information content (AvgIpc) is 3.58. The normalized spacial score (nSPS) is 18.3. The van der Waals surface area contributed by atoms with Crippen LogP contribution in [0.5, 0.6) is 0 Å². The molecule has 1 fully saturated rings. The van der Waals surface area contributed by atoms with Crippen molar-refractivity contribution in [2.24, 2.45) is 5.92 Å². The summed E-state index contributed by atoms with van der Waals surface area (Å²) in [5.41, 5.74) is 2.60. The largest absolute Gasteiger partial charge is 0.395 e. The first-order chi connectivity index (χ1) is 19.5. The third kappa shape index (κ3) is 6.63. The van der Waals surface area contributed by atoms with Gasteiger partial charge in [0.15, 0.2) is 0 Å². The Morgan fingerprint density at radius 1 is 1.07 bits per heavy atom. The first-order valence-electron chi connectivity index (χ1n) is 13.3. The van der Waals surface area contributed by atoms with E-state index in [0.29, 0.717) is 40.8 Å². The molecule has 1 unspecified atom stereocenters. The lowest BCUT2D eigenvalue weighted by atomic mass is 9.90. The predicted octanol–water partition coefficient (Wildman–Crippen LogP) is 5.02. The Morgan fingerprint density at radius 3 is 2.51 bits per heavy atom. The molecule has 1 aliphatic carbocycles. The number of benzene rings is 1. The van der Waals surface area contributed by atoms with Gasteiger partial charge in [-0.2, -0.15) is 26.3 Å². The van der Waals surface area contributed by atoms with Crippen molar-refractivity contribution in [2.75, 3.05) is 31.5 Å². The van der Waals surface area contributed by atoms with E-state index in [0.717, 1.165) is 25.9 Å². The van der Waals surface area contributed by atoms with Crippen LogP contribution in [-0.2, 0) is 10.2 Å². The molecule has 0 bridgehead atoms. The SMILES string of the molecule is CC1=CC=C(NC(=O)Nc2ccc(-c3cn(S(=O)(=O)NCCN4CCCC4)c4ccncc34)cc2)CC1C(F)(F)F. The average molecular weight is 589 g/mol. The van der Waals surface area contributed by atoms with E-state index in [2.05, 4.69) is 25.2 Å². The molecule has 1 aliphatic heterocycles. The Morgan fingerprint density at radius 2 is 1.80 bits per heavy atom. The third-order valence-electron chi connectivity index (χ3n) is 7.39. The summed E-state index contributed by atoms with van der Waals surface area (Å²) in [6, 6.07) is 7.69. The zero-order valence-corrected chi connectivity index (χ0v) is 23.2. The smallest absolute Gasteiger partial charge is 0.311 e. The first kappa shape index (κ1) is 28.8. The number of hydrogen-bond donors (Lipinski definition) is 3. The Balaban J connectivity index is 1.28. The molecule has 13 heteroatoms. The number of pyridine rings is 1. The number of rotatable bonds is 8. The second-order valence-electron chi connectivity index (χ2n) is 10.2. The highest BCUT2D eigenvalue weighted by Crippen LogP contribution is 2.38. The zero-order chi connectivity index (χ0) is 29.2. The number of hydrogen-bond acceptors (Lipinski definition) is 5. The van der Waals surface area contributed by atoms with Crippen molar-refractivity contribution in [3.63, 3.8) is 0 Å². The van der Waals surface area contributed by atoms with Gasteiger partial charge in [-0.15, -0.1) is 0 Å². The zero-order valence-electron chi connectivity index (χ0n) is 22.4. The summed E-state index contributed by atoms with van der Waals surface area (Å²) in [5, 5.41) is 5.76. The van der Waals surface area contributed by atoms with Crippen LogP contribution in [0.4, 0.5) is 23.7 Å². The highest BCUT2D eigenvalue weighted by Gasteiger charge is 2.41. The van der Waals surface area contributed by atoms with Crippen LogP contribution in [0.15, 0.2) is 72.3 Å². The van der Waals surface area contributed by atoms with Crippen molar-refractivity contribution >= 4 is 32.8 Å². The van der Waals surface area contributed by atoms with Crippen LogP contribution in [-0.4, -0.2) is 60.7 Å². The van der Waals surface area contributed by atoms with Crippen LogP contribution in [0.25, 0.3) is 22.0 Å². The van der Waals surface area contributed by atoms with Gasteiger partial charge < -0.3 is 15.5 Å². The van der Waals surface area contributed by atoms with E-state index in [1.807, 2.05) is 0 Å². The minimum Gasteiger partial charge on any atom is -0.311 e. The Labute approximate surface area is 236 Å². The fourth-order valence-electron chi connectivity index (χ4n) is 5.19. The van der Waals surface area contributed by atoms with Crippen molar-refractivity contribution in [1.29, 1.82) is 0 Å². The number of amides is 2. The molecule has 1 saturated heterocycles. The predicted molar refractivity (Wildman–Crippen MR) is 151 cm³/mol. The number of carbonyl (C=O) groups excluding carboxylic acids is 1. The molecule has 0 radical (unpaired) electrons. The van der Waals surface area contributed by atoms with E-state index in [4.69, 9.17) is 0 Å². The van der Waals surface area contributed by atoms with E-state index in [1.54, 1.807) is 42.7 Å². The molecule has 0 spiro atoms. The number of fused-ring (bicyclic) bond motifs is 1. The number of carbonyl (C=O) groups is 1. The van der Waals surface area contributed by atoms with E-state index in [1.165, 1.54) is 29.2 Å². The lowest BCUT2D eigenvalue weighted by molar-refractivity contribution is -0.164. The summed E-state index contributed by atoms with van der Waals surface area (Å²) in [6.45, 7) is 4.32. The molecule has 218 valence electrons. The van der Waals surface area contributed by atoms with E-state index >= 15 is 0 Å². The second kappa shape index (κ2) is 11.7. The van der Waals surface area contributed by atoms with Gasteiger partial charge in [0, 0.05) is 60.4 Å². The topological polar surface area (TPSA) is 108 Å². The third-order valence-corrected chi connectivity index (χ3v) is 8.78. The number of urea groups is 1. The quantitative estimate of drug-likeness (QED) is 0.343. The van der Waals surface area contributed by atoms with Gasteiger partial charge in [0.1, 0.15) is 0 Å². The number of likely N-dealkylation sites (tertiary alicyclic amines) is 1. The highest BCUT2D eigenvalue weighted by atomic mass is 32.2. The summed E-state index contributed by atoms with van der Waals surface area (Å²) in [7, 11) is -3.85. The van der Waals surface area contributed by atoms with Crippen LogP contribution >= 0.6 is 0 Å². The van der Waals surface area contributed by atoms with Gasteiger partial charge in [0.05, 0.1) is 11.4 Å². The molecule has 2 aliphatic rings. The Hall–Kier alpha value is -3.68. The number of halogens is 3. The summed E-state index contributed by atoms with van der Waals surface area (Å²) in [4.78, 5) is 18.9. The highest BCUT2D eigenvalue weighted by molar-refractivity contribution is 7.88. The van der Waals surface area contributed by atoms with Gasteiger partial charge in [-0.1, -0.05) is 23.8 Å². The summed E-state index contributed by atoms with van der Waals surface area (Å²) in [6.07, 6.45) is 5.03. The van der Waals surface area contributed by atoms with E-state index < -0.39 is 28.3 Å². The van der Waals surface area contributed by atoms with Gasteiger partial charge >= 0.3 is 22.4 Å². The van der Waals surface area contributed by atoms with Crippen molar-refractivity contribution in [3.8, 4) is 11.1 Å². The van der Waals surface area contributed by atoms with Crippen molar-refractivity contribution in [3.05, 3.63) is 72.3 Å². The molecule has 1 aromatic carbocycles. The number of nitrogens with zero attached hydrogens (tertiary/aromatic N) is 3. The molecule has 9 nitrogen and oxygen atoms in total. The number of nitrogens with one attached hydrogen (secondary N) is 3. The lowest BCUT2D eigenvalue weighted by Gasteiger charge is -2.25. The molecule has 41 heavy (non-hydrogen) atoms. The molecular weight excluding hydrogens is 557 g/mol. The van der Waals surface area contributed by atoms with Crippen LogP contribution in [0.2, 0.25) is 0 Å². The number of aromatic nitrogens is 2. The number of anilines is 1. The molecule has 3 heterocycles. The maximum Gasteiger partial charge on any atom is 0.395 e. The molecule has 3 aromatic rings. The van der Waals surface area contributed by atoms with Crippen LogP contribution < -0.4 is 15.4 Å². The Bertz CT molecular complexity index is 1590. The van der Waals surface area contributed by atoms with Gasteiger partial charge in [-0.25, -0.2) is 8.77 Å². The standard InChI is InChI=1S/C28H31F3N6O3S/c1-19-4-7-22(16-25(19)28(29,30)31)35-27(38)34-21-8-5-20(6-9-21)24-18-37(26-10-11-32-17-23(24)26)41(39,40)33-12-15-36-13-2-3-14-36/h4-11,17-18,25,33H,2-3,12-16H2,1H3,(H2,34,35,38). The minimum absolute atomic E-state index is 0.169. The molecule has 1 atom stereocenters. The van der Waals surface area contributed by atoms with Crippen molar-refractivity contribution in [1.82, 2.24) is 23.9 Å². The van der Waals surface area contributed by atoms with Crippen LogP contribution in [0.3, 0.4) is 0 Å². The molecule has 2 amide bonds. The van der Waals surface area contributed by atoms with Crippen molar-refractivity contribution in [2.45, 2.75) is 32.4 Å². The minimum atomic E-state index is -4.39. The molecular formula is C28H31F3N6O3S. The summed E-state index contributed by atoms with van der Waals surface area (Å²) < 4.78 is 70.1. The fraction of sp³-hybridized carbons (Fsp3) is 0.357. The number of allylic oxidation sites excluding steroid dienone is 4. The summed E-state index contributed by atoms with van der Waals surface area (Å²) in [5.74, 6) is -1.64. The first-order valence-corrected chi connectivity index (χ1v) is 14.8. The lowest BCUT2D eigenvalue weighted by Crippen LogP contribution is -2.36. The van der Waals surface area contributed by atoms with Crippen molar-refractivity contribution < 1.29 is 26.4 Å². The molecule has 3 N–H and O–H groups in total. The van der Waals surface area contributed by atoms with E-state index in [9.17, 15) is 26.4 Å². The van der Waals surface area contributed by atoms with Crippen LogP contribution in [0.1, 0.15) is 26.2 Å². The van der Waals surface area contributed by atoms with E-state index in [-0.39, 0.29) is 17.7 Å². The fourth-order valence-corrected chi connectivity index (χ4v) is 6.34.